The van der Waals surface area contributed by atoms with E-state index >= 15 is 0 Å². The summed E-state index contributed by atoms with van der Waals surface area (Å²) >= 11 is 0. The van der Waals surface area contributed by atoms with E-state index in [4.69, 9.17) is 4.74 Å². The van der Waals surface area contributed by atoms with Crippen LogP contribution in [-0.4, -0.2) is 33.1 Å². The van der Waals surface area contributed by atoms with Crippen molar-refractivity contribution in [3.8, 4) is 0 Å². The van der Waals surface area contributed by atoms with E-state index in [1.165, 1.54) is 11.1 Å². The lowest BCUT2D eigenvalue weighted by Gasteiger charge is -2.14. The van der Waals surface area contributed by atoms with E-state index in [1.807, 2.05) is 44.2 Å². The van der Waals surface area contributed by atoms with Gasteiger partial charge in [-0.2, -0.15) is 0 Å². The predicted molar refractivity (Wildman–Crippen MR) is 108 cm³/mol. The molecule has 0 unspecified atom stereocenters. The van der Waals surface area contributed by atoms with E-state index in [2.05, 4.69) is 9.62 Å². The minimum absolute atomic E-state index is 0.290. The molecule has 0 atom stereocenters. The van der Waals surface area contributed by atoms with E-state index in [9.17, 15) is 8.42 Å². The van der Waals surface area contributed by atoms with Gasteiger partial charge in [0.2, 0.25) is 0 Å². The van der Waals surface area contributed by atoms with Crippen LogP contribution in [0.3, 0.4) is 0 Å². The zero-order valence-electron chi connectivity index (χ0n) is 16.1. The summed E-state index contributed by atoms with van der Waals surface area (Å²) in [5.74, 6) is 0. The van der Waals surface area contributed by atoms with Crippen LogP contribution in [0.4, 0.5) is 5.69 Å². The third kappa shape index (κ3) is 5.09. The fourth-order valence-electron chi connectivity index (χ4n) is 3.34. The van der Waals surface area contributed by atoms with Gasteiger partial charge in [0.25, 0.3) is 10.0 Å². The first kappa shape index (κ1) is 19.9. The average Bonchev–Trinajstić information content (AvgIpc) is 3.07. The van der Waals surface area contributed by atoms with Crippen LogP contribution in [0, 0.1) is 0 Å². The maximum Gasteiger partial charge on any atom is 0.261 e. The van der Waals surface area contributed by atoms with Crippen molar-refractivity contribution in [1.29, 1.82) is 0 Å². The van der Waals surface area contributed by atoms with Gasteiger partial charge >= 0.3 is 0 Å². The summed E-state index contributed by atoms with van der Waals surface area (Å²) in [6.45, 7) is 8.34. The molecule has 0 amide bonds. The minimum atomic E-state index is -3.57. The Morgan fingerprint density at radius 3 is 2.48 bits per heavy atom. The number of nitrogens with one attached hydrogen (secondary N) is 1. The molecule has 0 aromatic heterocycles. The molecule has 5 nitrogen and oxygen atoms in total. The summed E-state index contributed by atoms with van der Waals surface area (Å²) < 4.78 is 33.4. The van der Waals surface area contributed by atoms with Crippen LogP contribution in [-0.2, 0) is 34.3 Å². The molecule has 2 aromatic rings. The number of fused-ring (bicyclic) bond motifs is 1. The Morgan fingerprint density at radius 1 is 1.04 bits per heavy atom. The molecule has 1 aliphatic rings. The van der Waals surface area contributed by atoms with E-state index in [0.717, 1.165) is 51.3 Å². The number of benzene rings is 2. The second-order valence-electron chi connectivity index (χ2n) is 6.85. The number of aryl methyl sites for hydroxylation is 1. The predicted octanol–water partition coefficient (Wildman–Crippen LogP) is 3.79. The van der Waals surface area contributed by atoms with Crippen LogP contribution in [0.15, 0.2) is 47.4 Å². The zero-order valence-corrected chi connectivity index (χ0v) is 16.9. The van der Waals surface area contributed by atoms with Crippen molar-refractivity contribution in [3.05, 3.63) is 59.2 Å². The Kier molecular flexibility index (Phi) is 6.52. The van der Waals surface area contributed by atoms with Crippen molar-refractivity contribution in [1.82, 2.24) is 4.90 Å². The molecule has 6 heteroatoms. The molecule has 2 aromatic carbocycles. The largest absolute Gasteiger partial charge is 0.382 e. The highest BCUT2D eigenvalue weighted by Crippen LogP contribution is 2.27. The van der Waals surface area contributed by atoms with Gasteiger partial charge in [-0.25, -0.2) is 8.42 Å². The zero-order chi connectivity index (χ0) is 19.3. The Hall–Kier alpha value is -1.89. The highest BCUT2D eigenvalue weighted by molar-refractivity contribution is 7.92. The first-order valence-electron chi connectivity index (χ1n) is 9.55. The van der Waals surface area contributed by atoms with Gasteiger partial charge in [-0.3, -0.25) is 9.62 Å². The normalized spacial score (nSPS) is 14.3. The smallest absolute Gasteiger partial charge is 0.261 e. The highest BCUT2D eigenvalue weighted by atomic mass is 32.2. The monoisotopic (exact) mass is 388 g/mol. The van der Waals surface area contributed by atoms with Gasteiger partial charge < -0.3 is 4.74 Å². The van der Waals surface area contributed by atoms with Gasteiger partial charge in [-0.15, -0.1) is 0 Å². The van der Waals surface area contributed by atoms with Crippen LogP contribution in [0.5, 0.6) is 0 Å². The van der Waals surface area contributed by atoms with Crippen molar-refractivity contribution < 1.29 is 13.2 Å². The maximum atomic E-state index is 12.6. The van der Waals surface area contributed by atoms with E-state index in [0.29, 0.717) is 5.69 Å². The fourth-order valence-corrected chi connectivity index (χ4v) is 4.39. The van der Waals surface area contributed by atoms with Gasteiger partial charge in [0.1, 0.15) is 0 Å². The number of hydrogen-bond donors (Lipinski definition) is 1. The number of sulfonamides is 1. The molecule has 0 aliphatic carbocycles. The van der Waals surface area contributed by atoms with Gasteiger partial charge in [-0.05, 0) is 60.7 Å². The summed E-state index contributed by atoms with van der Waals surface area (Å²) in [5, 5.41) is 0. The molecule has 0 fully saturated rings. The summed E-state index contributed by atoms with van der Waals surface area (Å²) in [6.07, 6.45) is 1.90. The van der Waals surface area contributed by atoms with E-state index in [1.54, 1.807) is 12.1 Å². The van der Waals surface area contributed by atoms with Crippen LogP contribution in [0.25, 0.3) is 0 Å². The first-order valence-corrected chi connectivity index (χ1v) is 11.0. The van der Waals surface area contributed by atoms with Gasteiger partial charge in [0, 0.05) is 38.5 Å². The molecule has 1 aliphatic heterocycles. The van der Waals surface area contributed by atoms with Gasteiger partial charge in [-0.1, -0.05) is 25.1 Å². The second kappa shape index (κ2) is 8.87. The quantitative estimate of drug-likeness (QED) is 0.664. The third-order valence-electron chi connectivity index (χ3n) is 4.86. The molecular formula is C21H28N2O3S. The molecule has 0 saturated heterocycles. The topological polar surface area (TPSA) is 58.6 Å². The van der Waals surface area contributed by atoms with Crippen molar-refractivity contribution in [3.63, 3.8) is 0 Å². The lowest BCUT2D eigenvalue weighted by atomic mass is 10.1. The Labute approximate surface area is 162 Å². The number of rotatable bonds is 9. The number of ether oxygens (including phenoxy) is 1. The van der Waals surface area contributed by atoms with E-state index in [-0.39, 0.29) is 4.90 Å². The molecule has 146 valence electrons. The lowest BCUT2D eigenvalue weighted by Crippen LogP contribution is -2.19. The van der Waals surface area contributed by atoms with Crippen molar-refractivity contribution >= 4 is 15.7 Å². The number of anilines is 1. The Bertz CT molecular complexity index is 863. The lowest BCUT2D eigenvalue weighted by molar-refractivity contribution is 0.131. The molecule has 27 heavy (non-hydrogen) atoms. The SMILES string of the molecule is CCOCCCN1Cc2ccc(NS(=O)(=O)c3ccc(CC)cc3)cc2C1. The van der Waals surface area contributed by atoms with Crippen molar-refractivity contribution in [2.24, 2.45) is 0 Å². The standard InChI is InChI=1S/C21H28N2O3S/c1-3-17-6-10-21(11-7-17)27(24,25)22-20-9-8-18-15-23(16-19(18)14-20)12-5-13-26-4-2/h6-11,14,22H,3-5,12-13,15-16H2,1-2H3. The summed E-state index contributed by atoms with van der Waals surface area (Å²) in [4.78, 5) is 2.66. The third-order valence-corrected chi connectivity index (χ3v) is 6.25. The Balaban J connectivity index is 1.64. The van der Waals surface area contributed by atoms with Gasteiger partial charge in [0.05, 0.1) is 4.90 Å². The molecule has 0 radical (unpaired) electrons. The van der Waals surface area contributed by atoms with E-state index < -0.39 is 10.0 Å². The summed E-state index contributed by atoms with van der Waals surface area (Å²) in [6, 6.07) is 12.9. The molecular weight excluding hydrogens is 360 g/mol. The average molecular weight is 389 g/mol. The molecule has 0 spiro atoms. The maximum absolute atomic E-state index is 12.6. The van der Waals surface area contributed by atoms with Crippen LogP contribution in [0.2, 0.25) is 0 Å². The molecule has 3 rings (SSSR count). The first-order chi connectivity index (χ1) is 13.0. The summed E-state index contributed by atoms with van der Waals surface area (Å²) in [5.41, 5.74) is 4.19. The second-order valence-corrected chi connectivity index (χ2v) is 8.53. The van der Waals surface area contributed by atoms with Crippen molar-refractivity contribution in [2.45, 2.75) is 44.7 Å². The van der Waals surface area contributed by atoms with Crippen LogP contribution >= 0.6 is 0 Å². The number of hydrogen-bond acceptors (Lipinski definition) is 4. The molecule has 1 heterocycles. The molecule has 1 N–H and O–H groups in total. The van der Waals surface area contributed by atoms with Gasteiger partial charge in [0.15, 0.2) is 0 Å². The summed E-state index contributed by atoms with van der Waals surface area (Å²) in [7, 11) is -3.57. The fraction of sp³-hybridized carbons (Fsp3) is 0.429. The van der Waals surface area contributed by atoms with Crippen LogP contribution < -0.4 is 4.72 Å². The highest BCUT2D eigenvalue weighted by Gasteiger charge is 2.20. The number of nitrogens with zero attached hydrogens (tertiary/aromatic N) is 1. The minimum Gasteiger partial charge on any atom is -0.382 e. The molecule has 0 bridgehead atoms. The Morgan fingerprint density at radius 2 is 1.78 bits per heavy atom. The van der Waals surface area contributed by atoms with Crippen molar-refractivity contribution in [2.75, 3.05) is 24.5 Å². The van der Waals surface area contributed by atoms with Crippen LogP contribution in [0.1, 0.15) is 37.0 Å². The molecule has 0 saturated carbocycles.